The molecule has 0 atom stereocenters. The lowest BCUT2D eigenvalue weighted by atomic mass is 10.0. The highest BCUT2D eigenvalue weighted by molar-refractivity contribution is 9.10. The minimum atomic E-state index is -4.02. The van der Waals surface area contributed by atoms with Gasteiger partial charge >= 0.3 is 0 Å². The maximum atomic E-state index is 12.7. The third-order valence-electron chi connectivity index (χ3n) is 3.27. The van der Waals surface area contributed by atoms with Crippen molar-refractivity contribution in [2.75, 3.05) is 12.3 Å². The summed E-state index contributed by atoms with van der Waals surface area (Å²) >= 11 is 3.18. The second kappa shape index (κ2) is 5.08. The lowest BCUT2D eigenvalue weighted by Gasteiger charge is -2.38. The highest BCUT2D eigenvalue weighted by atomic mass is 79.9. The molecule has 0 radical (unpaired) electrons. The van der Waals surface area contributed by atoms with Crippen molar-refractivity contribution in [3.05, 3.63) is 22.7 Å². The Hall–Kier alpha value is -1.45. The molecular weight excluding hydrogens is 362 g/mol. The van der Waals surface area contributed by atoms with Gasteiger partial charge < -0.3 is 5.73 Å². The monoisotopic (exact) mass is 375 g/mol. The van der Waals surface area contributed by atoms with Gasteiger partial charge in [0, 0.05) is 10.2 Å². The summed E-state index contributed by atoms with van der Waals surface area (Å²) in [6.45, 7) is 2.46. The van der Waals surface area contributed by atoms with Gasteiger partial charge in [-0.25, -0.2) is 8.42 Å². The number of imide groups is 1. The molecule has 1 saturated heterocycles. The molecule has 1 fully saturated rings. The van der Waals surface area contributed by atoms with Crippen LogP contribution in [-0.2, 0) is 19.6 Å². The second-order valence-corrected chi connectivity index (χ2v) is 7.85. The largest absolute Gasteiger partial charge is 0.398 e. The number of rotatable bonds is 2. The van der Waals surface area contributed by atoms with E-state index in [1.165, 1.54) is 32.0 Å². The third kappa shape index (κ3) is 2.68. The Kier molecular flexibility index (Phi) is 3.85. The molecule has 1 heterocycles. The van der Waals surface area contributed by atoms with Crippen molar-refractivity contribution >= 4 is 43.5 Å². The molecule has 0 unspecified atom stereocenters. The molecule has 7 nitrogen and oxygen atoms in total. The average Bonchev–Trinajstić information content (AvgIpc) is 2.37. The molecule has 2 amide bonds. The molecule has 0 bridgehead atoms. The molecule has 0 saturated carbocycles. The molecular formula is C12H14BrN3O4S. The van der Waals surface area contributed by atoms with Gasteiger partial charge in [-0.1, -0.05) is 0 Å². The number of carbonyl (C=O) groups is 2. The van der Waals surface area contributed by atoms with Crippen LogP contribution in [-0.4, -0.2) is 36.6 Å². The van der Waals surface area contributed by atoms with Gasteiger partial charge in [0.2, 0.25) is 21.8 Å². The van der Waals surface area contributed by atoms with Crippen molar-refractivity contribution in [3.8, 4) is 0 Å². The summed E-state index contributed by atoms with van der Waals surface area (Å²) in [7, 11) is -4.02. The van der Waals surface area contributed by atoms with Crippen LogP contribution in [0.2, 0.25) is 0 Å². The molecule has 0 aliphatic carbocycles. The first-order valence-electron chi connectivity index (χ1n) is 5.99. The second-order valence-electron chi connectivity index (χ2n) is 5.13. The van der Waals surface area contributed by atoms with Gasteiger partial charge in [0.05, 0.1) is 11.4 Å². The van der Waals surface area contributed by atoms with E-state index in [-0.39, 0.29) is 10.6 Å². The maximum Gasteiger partial charge on any atom is 0.247 e. The van der Waals surface area contributed by atoms with Crippen LogP contribution in [0.25, 0.3) is 0 Å². The predicted molar refractivity (Wildman–Crippen MR) is 79.7 cm³/mol. The number of nitrogens with one attached hydrogen (secondary N) is 1. The van der Waals surface area contributed by atoms with E-state index in [1.807, 2.05) is 0 Å². The van der Waals surface area contributed by atoms with Gasteiger partial charge in [-0.3, -0.25) is 14.9 Å². The Balaban J connectivity index is 2.53. The summed E-state index contributed by atoms with van der Waals surface area (Å²) in [5, 5.41) is 2.13. The molecule has 2 rings (SSSR count). The van der Waals surface area contributed by atoms with E-state index in [0.717, 1.165) is 4.31 Å². The van der Waals surface area contributed by atoms with Crippen LogP contribution in [0.1, 0.15) is 13.8 Å². The van der Waals surface area contributed by atoms with Crippen LogP contribution in [0.5, 0.6) is 0 Å². The van der Waals surface area contributed by atoms with E-state index >= 15 is 0 Å². The Bertz CT molecular complexity index is 730. The van der Waals surface area contributed by atoms with Crippen molar-refractivity contribution < 1.29 is 18.0 Å². The number of nitrogens with zero attached hydrogens (tertiary/aromatic N) is 1. The fourth-order valence-electron chi connectivity index (χ4n) is 1.96. The summed E-state index contributed by atoms with van der Waals surface area (Å²) in [6, 6.07) is 4.15. The molecule has 0 spiro atoms. The van der Waals surface area contributed by atoms with Gasteiger partial charge in [-0.2, -0.15) is 4.31 Å². The third-order valence-corrected chi connectivity index (χ3v) is 6.01. The molecule has 1 aromatic carbocycles. The Labute approximate surface area is 130 Å². The quantitative estimate of drug-likeness (QED) is 0.576. The number of hydrogen-bond acceptors (Lipinski definition) is 5. The number of anilines is 1. The minimum absolute atomic E-state index is 0.0706. The van der Waals surface area contributed by atoms with E-state index in [9.17, 15) is 18.0 Å². The summed E-state index contributed by atoms with van der Waals surface area (Å²) in [6.07, 6.45) is 0. The van der Waals surface area contributed by atoms with Crippen molar-refractivity contribution in [2.24, 2.45) is 0 Å². The number of sulfonamides is 1. The van der Waals surface area contributed by atoms with Crippen molar-refractivity contribution in [1.82, 2.24) is 9.62 Å². The number of piperazine rings is 1. The molecule has 1 aromatic rings. The zero-order chi connectivity index (χ0) is 16.0. The van der Waals surface area contributed by atoms with Crippen LogP contribution >= 0.6 is 15.9 Å². The molecule has 1 aliphatic rings. The molecule has 114 valence electrons. The standard InChI is InChI=1S/C12H14BrN3O4S/c1-12(2)11(18)15-10(17)6-16(12)21(19,20)7-3-4-8(13)9(14)5-7/h3-5H,6,14H2,1-2H3,(H,15,17,18). The first kappa shape index (κ1) is 15.9. The summed E-state index contributed by atoms with van der Waals surface area (Å²) in [5.41, 5.74) is 4.58. The lowest BCUT2D eigenvalue weighted by Crippen LogP contribution is -2.65. The smallest absolute Gasteiger partial charge is 0.247 e. The molecule has 9 heteroatoms. The highest BCUT2D eigenvalue weighted by Gasteiger charge is 2.47. The Morgan fingerprint density at radius 2 is 1.95 bits per heavy atom. The number of hydrogen-bond donors (Lipinski definition) is 2. The van der Waals surface area contributed by atoms with Gasteiger partial charge in [0.15, 0.2) is 0 Å². The molecule has 1 aliphatic heterocycles. The molecule has 21 heavy (non-hydrogen) atoms. The van der Waals surface area contributed by atoms with Crippen molar-refractivity contribution in [1.29, 1.82) is 0 Å². The number of amides is 2. The lowest BCUT2D eigenvalue weighted by molar-refractivity contribution is -0.141. The van der Waals surface area contributed by atoms with Crippen LogP contribution in [0.3, 0.4) is 0 Å². The van der Waals surface area contributed by atoms with Crippen LogP contribution in [0.4, 0.5) is 5.69 Å². The van der Waals surface area contributed by atoms with E-state index < -0.39 is 33.9 Å². The normalized spacial score (nSPS) is 19.4. The molecule has 3 N–H and O–H groups in total. The Morgan fingerprint density at radius 3 is 2.52 bits per heavy atom. The first-order valence-corrected chi connectivity index (χ1v) is 8.22. The summed E-state index contributed by atoms with van der Waals surface area (Å²) < 4.78 is 26.8. The maximum absolute atomic E-state index is 12.7. The number of carbonyl (C=O) groups excluding carboxylic acids is 2. The van der Waals surface area contributed by atoms with Gasteiger partial charge in [-0.05, 0) is 48.0 Å². The minimum Gasteiger partial charge on any atom is -0.398 e. The average molecular weight is 376 g/mol. The first-order chi connectivity index (χ1) is 9.56. The topological polar surface area (TPSA) is 110 Å². The summed E-state index contributed by atoms with van der Waals surface area (Å²) in [5.74, 6) is -1.32. The fraction of sp³-hybridized carbons (Fsp3) is 0.333. The van der Waals surface area contributed by atoms with E-state index in [0.29, 0.717) is 4.47 Å². The van der Waals surface area contributed by atoms with Gasteiger partial charge in [0.25, 0.3) is 0 Å². The van der Waals surface area contributed by atoms with E-state index in [1.54, 1.807) is 0 Å². The SMILES string of the molecule is CC1(C)C(=O)NC(=O)CN1S(=O)(=O)c1ccc(Br)c(N)c1. The number of nitrogens with two attached hydrogens (primary N) is 1. The highest BCUT2D eigenvalue weighted by Crippen LogP contribution is 2.29. The summed E-state index contributed by atoms with van der Waals surface area (Å²) in [4.78, 5) is 23.3. The predicted octanol–water partition coefficient (Wildman–Crippen LogP) is 0.457. The Morgan fingerprint density at radius 1 is 1.33 bits per heavy atom. The van der Waals surface area contributed by atoms with Crippen molar-refractivity contribution in [3.63, 3.8) is 0 Å². The van der Waals surface area contributed by atoms with Crippen LogP contribution in [0, 0.1) is 0 Å². The van der Waals surface area contributed by atoms with E-state index in [2.05, 4.69) is 21.2 Å². The number of nitrogen functional groups attached to an aromatic ring is 1. The van der Waals surface area contributed by atoms with E-state index in [4.69, 9.17) is 5.73 Å². The number of benzene rings is 1. The molecule has 0 aromatic heterocycles. The van der Waals surface area contributed by atoms with Gasteiger partial charge in [-0.15, -0.1) is 0 Å². The van der Waals surface area contributed by atoms with Gasteiger partial charge in [0.1, 0.15) is 5.54 Å². The van der Waals surface area contributed by atoms with Crippen LogP contribution < -0.4 is 11.1 Å². The van der Waals surface area contributed by atoms with Crippen molar-refractivity contribution in [2.45, 2.75) is 24.3 Å². The zero-order valence-corrected chi connectivity index (χ0v) is 13.8. The van der Waals surface area contributed by atoms with Crippen LogP contribution in [0.15, 0.2) is 27.6 Å². The zero-order valence-electron chi connectivity index (χ0n) is 11.4. The number of halogens is 1. The fourth-order valence-corrected chi connectivity index (χ4v) is 3.94.